The van der Waals surface area contributed by atoms with Gasteiger partial charge in [-0.2, -0.15) is 0 Å². The zero-order valence-electron chi connectivity index (χ0n) is 12.9. The third-order valence-electron chi connectivity index (χ3n) is 4.19. The van der Waals surface area contributed by atoms with Crippen molar-refractivity contribution in [2.45, 2.75) is 32.2 Å². The molecule has 0 heterocycles. The van der Waals surface area contributed by atoms with Crippen LogP contribution in [-0.4, -0.2) is 5.91 Å². The highest BCUT2D eigenvalue weighted by Crippen LogP contribution is 2.29. The number of amides is 1. The number of carbonyl (C=O) groups is 1. The minimum atomic E-state index is -0.0257. The molecular weight excluding hydrogens is 270 g/mol. The van der Waals surface area contributed by atoms with Gasteiger partial charge >= 0.3 is 0 Å². The topological polar surface area (TPSA) is 29.1 Å². The molecule has 1 aliphatic rings. The lowest BCUT2D eigenvalue weighted by Crippen LogP contribution is -2.29. The minimum absolute atomic E-state index is 0.0257. The van der Waals surface area contributed by atoms with Crippen LogP contribution in [0.15, 0.2) is 54.6 Å². The van der Waals surface area contributed by atoms with Gasteiger partial charge in [-0.05, 0) is 49.0 Å². The molecule has 0 aliphatic heterocycles. The molecule has 2 nitrogen and oxygen atoms in total. The molecule has 0 bridgehead atoms. The largest absolute Gasteiger partial charge is 0.346 e. The number of rotatable bonds is 3. The summed E-state index contributed by atoms with van der Waals surface area (Å²) < 4.78 is 0. The summed E-state index contributed by atoms with van der Waals surface area (Å²) in [5.74, 6) is -0.0257. The van der Waals surface area contributed by atoms with Gasteiger partial charge in [0.15, 0.2) is 0 Å². The Labute approximate surface area is 131 Å². The van der Waals surface area contributed by atoms with Crippen LogP contribution in [0.4, 0.5) is 0 Å². The maximum absolute atomic E-state index is 12.2. The van der Waals surface area contributed by atoms with Gasteiger partial charge in [-0.25, -0.2) is 0 Å². The summed E-state index contributed by atoms with van der Waals surface area (Å²) in [7, 11) is 0. The first kappa shape index (κ1) is 14.6. The van der Waals surface area contributed by atoms with E-state index in [1.807, 2.05) is 24.3 Å². The predicted octanol–water partition coefficient (Wildman–Crippen LogP) is 4.20. The van der Waals surface area contributed by atoms with E-state index in [4.69, 9.17) is 0 Å². The van der Waals surface area contributed by atoms with E-state index in [0.717, 1.165) is 24.8 Å². The molecule has 0 fully saturated rings. The Balaban J connectivity index is 1.66. The highest BCUT2D eigenvalue weighted by Gasteiger charge is 2.20. The fourth-order valence-electron chi connectivity index (χ4n) is 2.97. The molecule has 22 heavy (non-hydrogen) atoms. The molecule has 0 saturated carbocycles. The first-order valence-electron chi connectivity index (χ1n) is 7.85. The lowest BCUT2D eigenvalue weighted by atomic mass is 9.88. The second-order valence-electron chi connectivity index (χ2n) is 5.90. The van der Waals surface area contributed by atoms with E-state index in [-0.39, 0.29) is 11.9 Å². The first-order valence-corrected chi connectivity index (χ1v) is 7.85. The van der Waals surface area contributed by atoms with E-state index < -0.39 is 0 Å². The van der Waals surface area contributed by atoms with E-state index in [2.05, 4.69) is 42.6 Å². The van der Waals surface area contributed by atoms with Gasteiger partial charge in [0.2, 0.25) is 5.91 Å². The fourth-order valence-corrected chi connectivity index (χ4v) is 2.97. The van der Waals surface area contributed by atoms with Crippen molar-refractivity contribution in [2.24, 2.45) is 0 Å². The number of aryl methyl sites for hydroxylation is 2. The van der Waals surface area contributed by atoms with Crippen molar-refractivity contribution in [3.05, 3.63) is 76.9 Å². The zero-order valence-corrected chi connectivity index (χ0v) is 12.9. The molecule has 3 rings (SSSR count). The number of nitrogens with one attached hydrogen (secondary N) is 1. The van der Waals surface area contributed by atoms with E-state index in [9.17, 15) is 4.79 Å². The lowest BCUT2D eigenvalue weighted by molar-refractivity contribution is -0.117. The Bertz CT molecular complexity index is 685. The standard InChI is InChI=1S/C20H21NO/c1-15-9-11-16(12-10-15)13-14-20(22)21-19-8-4-6-17-5-2-3-7-18(17)19/h2-3,5,7,9-14,19H,4,6,8H2,1H3,(H,21,22)/b14-13+/t19-/m1/s1. The van der Waals surface area contributed by atoms with Gasteiger partial charge in [0, 0.05) is 6.08 Å². The average Bonchev–Trinajstić information content (AvgIpc) is 2.55. The molecule has 1 amide bonds. The number of hydrogen-bond donors (Lipinski definition) is 1. The van der Waals surface area contributed by atoms with Crippen LogP contribution in [0.25, 0.3) is 6.08 Å². The van der Waals surface area contributed by atoms with Crippen LogP contribution in [0, 0.1) is 6.92 Å². The monoisotopic (exact) mass is 291 g/mol. The van der Waals surface area contributed by atoms with Crippen molar-refractivity contribution >= 4 is 12.0 Å². The van der Waals surface area contributed by atoms with Crippen molar-refractivity contribution in [3.8, 4) is 0 Å². The number of benzene rings is 2. The molecule has 112 valence electrons. The summed E-state index contributed by atoms with van der Waals surface area (Å²) in [5.41, 5.74) is 4.90. The summed E-state index contributed by atoms with van der Waals surface area (Å²) in [6.07, 6.45) is 6.75. The van der Waals surface area contributed by atoms with Crippen molar-refractivity contribution < 1.29 is 4.79 Å². The summed E-state index contributed by atoms with van der Waals surface area (Å²) in [5, 5.41) is 3.13. The normalized spacial score (nSPS) is 17.2. The van der Waals surface area contributed by atoms with Crippen LogP contribution in [0.5, 0.6) is 0 Å². The third-order valence-corrected chi connectivity index (χ3v) is 4.19. The van der Waals surface area contributed by atoms with Gasteiger partial charge in [-0.15, -0.1) is 0 Å². The van der Waals surface area contributed by atoms with Gasteiger partial charge in [-0.3, -0.25) is 4.79 Å². The molecule has 1 N–H and O–H groups in total. The number of carbonyl (C=O) groups excluding carboxylic acids is 1. The Morgan fingerprint density at radius 2 is 1.91 bits per heavy atom. The third kappa shape index (κ3) is 3.45. The van der Waals surface area contributed by atoms with Gasteiger partial charge in [0.1, 0.15) is 0 Å². The summed E-state index contributed by atoms with van der Waals surface area (Å²) in [4.78, 5) is 12.2. The summed E-state index contributed by atoms with van der Waals surface area (Å²) in [6, 6.07) is 16.7. The van der Waals surface area contributed by atoms with E-state index in [1.165, 1.54) is 16.7 Å². The number of fused-ring (bicyclic) bond motifs is 1. The van der Waals surface area contributed by atoms with Crippen LogP contribution >= 0.6 is 0 Å². The Kier molecular flexibility index (Phi) is 4.38. The van der Waals surface area contributed by atoms with E-state index >= 15 is 0 Å². The predicted molar refractivity (Wildman–Crippen MR) is 90.5 cm³/mol. The Morgan fingerprint density at radius 3 is 2.73 bits per heavy atom. The molecule has 0 radical (unpaired) electrons. The zero-order chi connectivity index (χ0) is 15.4. The molecule has 1 aliphatic carbocycles. The van der Waals surface area contributed by atoms with Crippen LogP contribution < -0.4 is 5.32 Å². The maximum atomic E-state index is 12.2. The molecule has 0 aromatic heterocycles. The summed E-state index contributed by atoms with van der Waals surface area (Å²) in [6.45, 7) is 2.06. The Morgan fingerprint density at radius 1 is 1.14 bits per heavy atom. The van der Waals surface area contributed by atoms with Gasteiger partial charge in [0.25, 0.3) is 0 Å². The second kappa shape index (κ2) is 6.61. The SMILES string of the molecule is Cc1ccc(/C=C/C(=O)N[C@@H]2CCCc3ccccc32)cc1. The average molecular weight is 291 g/mol. The highest BCUT2D eigenvalue weighted by molar-refractivity contribution is 5.92. The van der Waals surface area contributed by atoms with E-state index in [0.29, 0.717) is 0 Å². The van der Waals surface area contributed by atoms with Crippen molar-refractivity contribution in [1.82, 2.24) is 5.32 Å². The van der Waals surface area contributed by atoms with Gasteiger partial charge in [0.05, 0.1) is 6.04 Å². The van der Waals surface area contributed by atoms with E-state index in [1.54, 1.807) is 6.08 Å². The van der Waals surface area contributed by atoms with Crippen LogP contribution in [0.3, 0.4) is 0 Å². The van der Waals surface area contributed by atoms with Crippen LogP contribution in [0.1, 0.15) is 41.1 Å². The molecule has 0 spiro atoms. The molecule has 2 aromatic carbocycles. The van der Waals surface area contributed by atoms with Crippen LogP contribution in [-0.2, 0) is 11.2 Å². The molecule has 0 saturated heterocycles. The fraction of sp³-hybridized carbons (Fsp3) is 0.250. The molecule has 1 atom stereocenters. The second-order valence-corrected chi connectivity index (χ2v) is 5.90. The maximum Gasteiger partial charge on any atom is 0.244 e. The van der Waals surface area contributed by atoms with Crippen molar-refractivity contribution in [1.29, 1.82) is 0 Å². The quantitative estimate of drug-likeness (QED) is 0.844. The molecular formula is C20H21NO. The number of hydrogen-bond acceptors (Lipinski definition) is 1. The molecule has 0 unspecified atom stereocenters. The van der Waals surface area contributed by atoms with Crippen molar-refractivity contribution in [3.63, 3.8) is 0 Å². The Hall–Kier alpha value is -2.35. The van der Waals surface area contributed by atoms with Gasteiger partial charge in [-0.1, -0.05) is 54.1 Å². The molecule has 2 aromatic rings. The molecule has 2 heteroatoms. The van der Waals surface area contributed by atoms with Crippen LogP contribution in [0.2, 0.25) is 0 Å². The van der Waals surface area contributed by atoms with Crippen molar-refractivity contribution in [2.75, 3.05) is 0 Å². The minimum Gasteiger partial charge on any atom is -0.346 e. The first-order chi connectivity index (χ1) is 10.7. The smallest absolute Gasteiger partial charge is 0.244 e. The summed E-state index contributed by atoms with van der Waals surface area (Å²) >= 11 is 0. The lowest BCUT2D eigenvalue weighted by Gasteiger charge is -2.25. The highest BCUT2D eigenvalue weighted by atomic mass is 16.1. The van der Waals surface area contributed by atoms with Gasteiger partial charge < -0.3 is 5.32 Å².